The Hall–Kier alpha value is -3.67. The van der Waals surface area contributed by atoms with Crippen LogP contribution in [-0.4, -0.2) is 20.0 Å². The molecule has 0 radical (unpaired) electrons. The number of nitrogens with one attached hydrogen (secondary N) is 1. The molecule has 156 valence electrons. The Kier molecular flexibility index (Phi) is 4.70. The van der Waals surface area contributed by atoms with Crippen LogP contribution in [0, 0.1) is 13.8 Å². The van der Waals surface area contributed by atoms with Gasteiger partial charge in [-0.3, -0.25) is 14.2 Å². The Bertz CT molecular complexity index is 1340. The van der Waals surface area contributed by atoms with Crippen LogP contribution >= 0.6 is 0 Å². The fourth-order valence-electron chi connectivity index (χ4n) is 4.36. The minimum atomic E-state index is -0.210. The number of aryl methyl sites for hydroxylation is 3. The fraction of sp³-hybridized carbons (Fsp3) is 0.240. The van der Waals surface area contributed by atoms with Crippen LogP contribution in [0.3, 0.4) is 0 Å². The summed E-state index contributed by atoms with van der Waals surface area (Å²) in [5.41, 5.74) is 5.11. The van der Waals surface area contributed by atoms with E-state index in [-0.39, 0.29) is 11.5 Å². The Morgan fingerprint density at radius 2 is 1.71 bits per heavy atom. The third-order valence-corrected chi connectivity index (χ3v) is 5.98. The van der Waals surface area contributed by atoms with Crippen molar-refractivity contribution in [1.82, 2.24) is 14.1 Å². The molecular formula is C25H24N4O2. The van der Waals surface area contributed by atoms with Crippen LogP contribution in [0.25, 0.3) is 16.6 Å². The van der Waals surface area contributed by atoms with E-state index in [2.05, 4.69) is 40.8 Å². The summed E-state index contributed by atoms with van der Waals surface area (Å²) < 4.78 is 3.91. The first-order valence-electron chi connectivity index (χ1n) is 10.6. The van der Waals surface area contributed by atoms with Gasteiger partial charge in [0.1, 0.15) is 5.82 Å². The predicted octanol–water partition coefficient (Wildman–Crippen LogP) is 4.39. The van der Waals surface area contributed by atoms with Crippen LogP contribution in [-0.2, 0) is 13.0 Å². The number of nitrogens with zero attached hydrogens (tertiary/aromatic N) is 3. The average molecular weight is 412 g/mol. The molecule has 4 aromatic rings. The maximum atomic E-state index is 12.9. The molecule has 1 N–H and O–H groups in total. The zero-order valence-electron chi connectivity index (χ0n) is 17.7. The number of amides is 1. The molecule has 5 rings (SSSR count). The fourth-order valence-corrected chi connectivity index (χ4v) is 4.36. The van der Waals surface area contributed by atoms with Crippen LogP contribution in [0.5, 0.6) is 0 Å². The van der Waals surface area contributed by atoms with Crippen molar-refractivity contribution in [2.45, 2.75) is 39.7 Å². The van der Waals surface area contributed by atoms with Crippen molar-refractivity contribution in [2.24, 2.45) is 0 Å². The number of aromatic nitrogens is 3. The molecule has 6 nitrogen and oxygen atoms in total. The van der Waals surface area contributed by atoms with Gasteiger partial charge in [-0.2, -0.15) is 0 Å². The van der Waals surface area contributed by atoms with Crippen LogP contribution in [0.4, 0.5) is 5.69 Å². The van der Waals surface area contributed by atoms with Gasteiger partial charge in [0, 0.05) is 41.3 Å². The number of anilines is 1. The molecule has 2 aromatic carbocycles. The summed E-state index contributed by atoms with van der Waals surface area (Å²) in [6.45, 7) is 4.82. The lowest BCUT2D eigenvalue weighted by molar-refractivity contribution is 0.102. The van der Waals surface area contributed by atoms with Gasteiger partial charge in [0.15, 0.2) is 0 Å². The second kappa shape index (κ2) is 7.54. The third kappa shape index (κ3) is 3.44. The zero-order chi connectivity index (χ0) is 21.5. The molecule has 1 aliphatic rings. The van der Waals surface area contributed by atoms with Gasteiger partial charge in [0.05, 0.1) is 10.9 Å². The predicted molar refractivity (Wildman–Crippen MR) is 122 cm³/mol. The molecule has 2 aromatic heterocycles. The van der Waals surface area contributed by atoms with Crippen molar-refractivity contribution >= 4 is 22.5 Å². The second-order valence-corrected chi connectivity index (χ2v) is 8.13. The normalized spacial score (nSPS) is 13.2. The molecule has 0 saturated heterocycles. The van der Waals surface area contributed by atoms with E-state index in [0.717, 1.165) is 42.2 Å². The first kappa shape index (κ1) is 19.3. The Morgan fingerprint density at radius 1 is 0.968 bits per heavy atom. The summed E-state index contributed by atoms with van der Waals surface area (Å²) in [6, 6.07) is 17.0. The van der Waals surface area contributed by atoms with Gasteiger partial charge >= 0.3 is 0 Å². The topological polar surface area (TPSA) is 68.9 Å². The standard InChI is InChI=1S/C25H24N4O2/c1-16-6-7-17(2)29(16)20-11-8-18(9-12-20)24(30)26-19-10-13-22-21(15-19)25(31)28-14-4-3-5-23(28)27-22/h6-13,15H,3-5,14H2,1-2H3,(H,26,30). The van der Waals surface area contributed by atoms with Crippen LogP contribution in [0.1, 0.15) is 40.4 Å². The molecule has 0 saturated carbocycles. The minimum absolute atomic E-state index is 0.0300. The zero-order valence-corrected chi connectivity index (χ0v) is 17.7. The van der Waals surface area contributed by atoms with E-state index < -0.39 is 0 Å². The van der Waals surface area contributed by atoms with Crippen molar-refractivity contribution in [3.63, 3.8) is 0 Å². The largest absolute Gasteiger partial charge is 0.322 e. The maximum absolute atomic E-state index is 12.9. The molecular weight excluding hydrogens is 388 g/mol. The SMILES string of the molecule is Cc1ccc(C)n1-c1ccc(C(=O)Nc2ccc3nc4n(c(=O)c3c2)CCCC4)cc1. The number of carbonyl (C=O) groups excluding carboxylic acids is 1. The Morgan fingerprint density at radius 3 is 2.45 bits per heavy atom. The van der Waals surface area contributed by atoms with Gasteiger partial charge < -0.3 is 9.88 Å². The van der Waals surface area contributed by atoms with Crippen LogP contribution in [0.2, 0.25) is 0 Å². The summed E-state index contributed by atoms with van der Waals surface area (Å²) in [7, 11) is 0. The highest BCUT2D eigenvalue weighted by Gasteiger charge is 2.15. The monoisotopic (exact) mass is 412 g/mol. The first-order chi connectivity index (χ1) is 15.0. The Balaban J connectivity index is 1.41. The van der Waals surface area contributed by atoms with E-state index in [4.69, 9.17) is 0 Å². The number of fused-ring (bicyclic) bond motifs is 2. The second-order valence-electron chi connectivity index (χ2n) is 8.13. The van der Waals surface area contributed by atoms with E-state index in [0.29, 0.717) is 28.7 Å². The average Bonchev–Trinajstić information content (AvgIpc) is 3.12. The van der Waals surface area contributed by atoms with Gasteiger partial charge in [-0.15, -0.1) is 0 Å². The molecule has 0 unspecified atom stereocenters. The van der Waals surface area contributed by atoms with E-state index in [1.54, 1.807) is 16.7 Å². The molecule has 1 aliphatic heterocycles. The lowest BCUT2D eigenvalue weighted by Gasteiger charge is -2.18. The molecule has 0 aliphatic carbocycles. The van der Waals surface area contributed by atoms with Crippen molar-refractivity contribution in [1.29, 1.82) is 0 Å². The molecule has 0 fully saturated rings. The molecule has 0 atom stereocenters. The highest BCUT2D eigenvalue weighted by atomic mass is 16.1. The van der Waals surface area contributed by atoms with Gasteiger partial charge in [0.2, 0.25) is 0 Å². The first-order valence-corrected chi connectivity index (χ1v) is 10.6. The van der Waals surface area contributed by atoms with Crippen LogP contribution in [0.15, 0.2) is 59.4 Å². The molecule has 1 amide bonds. The molecule has 3 heterocycles. The summed E-state index contributed by atoms with van der Waals surface area (Å²) in [4.78, 5) is 30.3. The number of hydrogen-bond acceptors (Lipinski definition) is 3. The van der Waals surface area contributed by atoms with Crippen LogP contribution < -0.4 is 10.9 Å². The molecule has 0 spiro atoms. The molecule has 6 heteroatoms. The van der Waals surface area contributed by atoms with Crippen molar-refractivity contribution in [3.8, 4) is 5.69 Å². The summed E-state index contributed by atoms with van der Waals surface area (Å²) >= 11 is 0. The number of carbonyl (C=O) groups is 1. The molecule has 0 bridgehead atoms. The van der Waals surface area contributed by atoms with E-state index >= 15 is 0 Å². The number of benzene rings is 2. The number of rotatable bonds is 3. The maximum Gasteiger partial charge on any atom is 0.261 e. The highest BCUT2D eigenvalue weighted by Crippen LogP contribution is 2.20. The van der Waals surface area contributed by atoms with E-state index in [1.165, 1.54) is 0 Å². The van der Waals surface area contributed by atoms with Gasteiger partial charge in [-0.1, -0.05) is 0 Å². The van der Waals surface area contributed by atoms with Gasteiger partial charge in [-0.25, -0.2) is 4.98 Å². The quantitative estimate of drug-likeness (QED) is 0.543. The highest BCUT2D eigenvalue weighted by molar-refractivity contribution is 6.05. The third-order valence-electron chi connectivity index (χ3n) is 5.98. The van der Waals surface area contributed by atoms with E-state index in [9.17, 15) is 9.59 Å². The summed E-state index contributed by atoms with van der Waals surface area (Å²) in [5.74, 6) is 0.645. The summed E-state index contributed by atoms with van der Waals surface area (Å²) in [6.07, 6.45) is 2.89. The Labute approximate surface area is 180 Å². The minimum Gasteiger partial charge on any atom is -0.322 e. The van der Waals surface area contributed by atoms with Crippen molar-refractivity contribution in [3.05, 3.63) is 87.7 Å². The summed E-state index contributed by atoms with van der Waals surface area (Å²) in [5, 5.41) is 3.45. The van der Waals surface area contributed by atoms with Crippen molar-refractivity contribution < 1.29 is 4.79 Å². The lowest BCUT2D eigenvalue weighted by Crippen LogP contribution is -2.28. The van der Waals surface area contributed by atoms with E-state index in [1.807, 2.05) is 30.3 Å². The smallest absolute Gasteiger partial charge is 0.261 e. The number of hydrogen-bond donors (Lipinski definition) is 1. The van der Waals surface area contributed by atoms with Gasteiger partial charge in [0.25, 0.3) is 11.5 Å². The van der Waals surface area contributed by atoms with Crippen molar-refractivity contribution in [2.75, 3.05) is 5.32 Å². The molecule has 31 heavy (non-hydrogen) atoms. The van der Waals surface area contributed by atoms with Gasteiger partial charge in [-0.05, 0) is 81.3 Å². The lowest BCUT2D eigenvalue weighted by atomic mass is 10.1.